The number of nitrogen functional groups attached to an aromatic ring is 1. The van der Waals surface area contributed by atoms with Crippen LogP contribution in [0.2, 0.25) is 0 Å². The molecule has 3 heterocycles. The van der Waals surface area contributed by atoms with E-state index in [9.17, 15) is 9.90 Å². The SMILES string of the molecule is Cc1cc(-c2cccc(C#C[C@]3(O)CCN(C)C3=O)c2)nc2c(N)nccc12. The molecule has 6 heteroatoms. The Kier molecular flexibility index (Phi) is 4.25. The van der Waals surface area contributed by atoms with Gasteiger partial charge in [0, 0.05) is 42.7 Å². The van der Waals surface area contributed by atoms with Gasteiger partial charge >= 0.3 is 0 Å². The van der Waals surface area contributed by atoms with Crippen LogP contribution < -0.4 is 5.73 Å². The molecule has 2 aromatic heterocycles. The summed E-state index contributed by atoms with van der Waals surface area (Å²) in [7, 11) is 1.66. The van der Waals surface area contributed by atoms with E-state index in [1.807, 2.05) is 43.3 Å². The van der Waals surface area contributed by atoms with Gasteiger partial charge in [-0.1, -0.05) is 24.0 Å². The van der Waals surface area contributed by atoms with Crippen molar-refractivity contribution in [2.45, 2.75) is 18.9 Å². The van der Waals surface area contributed by atoms with Crippen molar-refractivity contribution in [3.63, 3.8) is 0 Å². The molecule has 3 N–H and O–H groups in total. The summed E-state index contributed by atoms with van der Waals surface area (Å²) in [6, 6.07) is 11.4. The molecule has 0 radical (unpaired) electrons. The van der Waals surface area contributed by atoms with Crippen LogP contribution in [0.15, 0.2) is 42.6 Å². The van der Waals surface area contributed by atoms with Crippen molar-refractivity contribution in [3.8, 4) is 23.1 Å². The molecule has 4 rings (SSSR count). The number of hydrogen-bond acceptors (Lipinski definition) is 5. The van der Waals surface area contributed by atoms with Gasteiger partial charge in [0.05, 0.1) is 5.69 Å². The molecule has 0 aliphatic carbocycles. The first-order valence-electron chi connectivity index (χ1n) is 9.01. The number of amides is 1. The summed E-state index contributed by atoms with van der Waals surface area (Å²) in [5.41, 5.74) is 8.46. The molecular weight excluding hydrogens is 352 g/mol. The number of carbonyl (C=O) groups excluding carboxylic acids is 1. The van der Waals surface area contributed by atoms with Gasteiger partial charge in [-0.3, -0.25) is 4.79 Å². The zero-order valence-corrected chi connectivity index (χ0v) is 15.7. The lowest BCUT2D eigenvalue weighted by atomic mass is 10.0. The maximum absolute atomic E-state index is 12.1. The van der Waals surface area contributed by atoms with Crippen molar-refractivity contribution >= 4 is 22.6 Å². The van der Waals surface area contributed by atoms with Gasteiger partial charge < -0.3 is 15.7 Å². The standard InChI is InChI=1S/C22H20N4O2/c1-14-12-18(25-19-17(14)7-10-24-20(19)23)16-5-3-4-15(13-16)6-8-22(28)9-11-26(2)21(22)27/h3-5,7,10,12-13,28H,9,11H2,1-2H3,(H2,23,24)/t22-/m0/s1. The maximum atomic E-state index is 12.1. The zero-order valence-electron chi connectivity index (χ0n) is 15.7. The van der Waals surface area contributed by atoms with Gasteiger partial charge in [-0.05, 0) is 36.8 Å². The second-order valence-corrected chi connectivity index (χ2v) is 7.08. The van der Waals surface area contributed by atoms with E-state index in [4.69, 9.17) is 5.73 Å². The fraction of sp³-hybridized carbons (Fsp3) is 0.227. The van der Waals surface area contributed by atoms with E-state index in [2.05, 4.69) is 21.8 Å². The second-order valence-electron chi connectivity index (χ2n) is 7.08. The van der Waals surface area contributed by atoms with Crippen LogP contribution in [-0.4, -0.2) is 45.1 Å². The first-order chi connectivity index (χ1) is 13.4. The van der Waals surface area contributed by atoms with Gasteiger partial charge in [-0.2, -0.15) is 0 Å². The molecular formula is C22H20N4O2. The number of likely N-dealkylation sites (tertiary alicyclic amines) is 1. The molecule has 0 bridgehead atoms. The lowest BCUT2D eigenvalue weighted by Gasteiger charge is -2.13. The molecule has 0 unspecified atom stereocenters. The third-order valence-electron chi connectivity index (χ3n) is 5.04. The van der Waals surface area contributed by atoms with Crippen LogP contribution >= 0.6 is 0 Å². The zero-order chi connectivity index (χ0) is 19.9. The van der Waals surface area contributed by atoms with Crippen molar-refractivity contribution in [2.24, 2.45) is 0 Å². The second kappa shape index (κ2) is 6.63. The Balaban J connectivity index is 1.73. The van der Waals surface area contributed by atoms with Crippen LogP contribution in [0.25, 0.3) is 22.2 Å². The van der Waals surface area contributed by atoms with Gasteiger partial charge in [0.25, 0.3) is 5.91 Å². The van der Waals surface area contributed by atoms with Crippen molar-refractivity contribution in [1.82, 2.24) is 14.9 Å². The van der Waals surface area contributed by atoms with Crippen LogP contribution in [0.4, 0.5) is 5.82 Å². The Hall–Kier alpha value is -3.43. The first kappa shape index (κ1) is 18.0. The van der Waals surface area contributed by atoms with Crippen molar-refractivity contribution in [2.75, 3.05) is 19.3 Å². The van der Waals surface area contributed by atoms with Gasteiger partial charge in [0.15, 0.2) is 0 Å². The summed E-state index contributed by atoms with van der Waals surface area (Å²) in [5.74, 6) is 5.72. The number of pyridine rings is 2. The minimum Gasteiger partial charge on any atom is -0.382 e. The number of nitrogens with two attached hydrogens (primary N) is 1. The van der Waals surface area contributed by atoms with Crippen LogP contribution in [0, 0.1) is 18.8 Å². The summed E-state index contributed by atoms with van der Waals surface area (Å²) < 4.78 is 0. The van der Waals surface area contributed by atoms with E-state index < -0.39 is 5.60 Å². The number of rotatable bonds is 1. The van der Waals surface area contributed by atoms with E-state index in [0.29, 0.717) is 29.9 Å². The summed E-state index contributed by atoms with van der Waals surface area (Å²) >= 11 is 0. The van der Waals surface area contributed by atoms with E-state index in [1.165, 1.54) is 4.90 Å². The maximum Gasteiger partial charge on any atom is 0.267 e. The molecule has 1 amide bonds. The van der Waals surface area contributed by atoms with E-state index in [-0.39, 0.29) is 5.91 Å². The summed E-state index contributed by atoms with van der Waals surface area (Å²) in [5, 5.41) is 11.4. The Morgan fingerprint density at radius 2 is 2.11 bits per heavy atom. The Bertz CT molecular complexity index is 1160. The number of carbonyl (C=O) groups is 1. The Morgan fingerprint density at radius 3 is 2.86 bits per heavy atom. The number of likely N-dealkylation sites (N-methyl/N-ethyl adjacent to an activating group) is 1. The molecule has 1 atom stereocenters. The normalized spacial score (nSPS) is 19.0. The fourth-order valence-corrected chi connectivity index (χ4v) is 3.39. The van der Waals surface area contributed by atoms with Crippen LogP contribution in [0.1, 0.15) is 17.5 Å². The summed E-state index contributed by atoms with van der Waals surface area (Å²) in [4.78, 5) is 22.4. The molecule has 0 saturated carbocycles. The summed E-state index contributed by atoms with van der Waals surface area (Å²) in [6.07, 6.45) is 1.99. The van der Waals surface area contributed by atoms with Crippen molar-refractivity contribution in [1.29, 1.82) is 0 Å². The highest BCUT2D eigenvalue weighted by atomic mass is 16.3. The number of benzene rings is 1. The lowest BCUT2D eigenvalue weighted by Crippen LogP contribution is -2.37. The highest BCUT2D eigenvalue weighted by molar-refractivity contribution is 5.92. The highest BCUT2D eigenvalue weighted by Crippen LogP contribution is 2.27. The molecule has 140 valence electrons. The molecule has 1 aromatic carbocycles. The average Bonchev–Trinajstić information content (AvgIpc) is 2.95. The molecule has 1 aliphatic rings. The molecule has 0 spiro atoms. The number of aliphatic hydroxyl groups is 1. The van der Waals surface area contributed by atoms with Crippen LogP contribution in [0.3, 0.4) is 0 Å². The fourth-order valence-electron chi connectivity index (χ4n) is 3.39. The monoisotopic (exact) mass is 372 g/mol. The third-order valence-corrected chi connectivity index (χ3v) is 5.04. The quantitative estimate of drug-likeness (QED) is 0.639. The number of anilines is 1. The number of aromatic nitrogens is 2. The van der Waals surface area contributed by atoms with Crippen LogP contribution in [0.5, 0.6) is 0 Å². The first-order valence-corrected chi connectivity index (χ1v) is 9.01. The molecule has 28 heavy (non-hydrogen) atoms. The topological polar surface area (TPSA) is 92.3 Å². The third kappa shape index (κ3) is 3.06. The smallest absolute Gasteiger partial charge is 0.267 e. The predicted octanol–water partition coefficient (Wildman–Crippen LogP) is 2.13. The largest absolute Gasteiger partial charge is 0.382 e. The van der Waals surface area contributed by atoms with E-state index in [0.717, 1.165) is 22.2 Å². The average molecular weight is 372 g/mol. The molecule has 1 fully saturated rings. The van der Waals surface area contributed by atoms with Gasteiger partial charge in [-0.15, -0.1) is 0 Å². The predicted molar refractivity (Wildman–Crippen MR) is 108 cm³/mol. The molecule has 3 aromatic rings. The van der Waals surface area contributed by atoms with Gasteiger partial charge in [-0.25, -0.2) is 9.97 Å². The molecule has 1 aliphatic heterocycles. The lowest BCUT2D eigenvalue weighted by molar-refractivity contribution is -0.137. The Labute approximate surface area is 163 Å². The number of hydrogen-bond donors (Lipinski definition) is 2. The number of nitrogens with zero attached hydrogens (tertiary/aromatic N) is 3. The minimum absolute atomic E-state index is 0.312. The van der Waals surface area contributed by atoms with E-state index in [1.54, 1.807) is 13.2 Å². The minimum atomic E-state index is -1.61. The van der Waals surface area contributed by atoms with E-state index >= 15 is 0 Å². The van der Waals surface area contributed by atoms with Gasteiger partial charge in [0.2, 0.25) is 5.60 Å². The molecule has 1 saturated heterocycles. The number of aryl methyl sites for hydroxylation is 1. The highest BCUT2D eigenvalue weighted by Gasteiger charge is 2.42. The summed E-state index contributed by atoms with van der Waals surface area (Å²) in [6.45, 7) is 2.51. The number of fused-ring (bicyclic) bond motifs is 1. The Morgan fingerprint density at radius 1 is 1.29 bits per heavy atom. The molecule has 6 nitrogen and oxygen atoms in total. The van der Waals surface area contributed by atoms with Gasteiger partial charge in [0.1, 0.15) is 11.3 Å². The van der Waals surface area contributed by atoms with Crippen molar-refractivity contribution < 1.29 is 9.90 Å². The van der Waals surface area contributed by atoms with Crippen molar-refractivity contribution in [3.05, 3.63) is 53.7 Å². The van der Waals surface area contributed by atoms with Crippen LogP contribution in [-0.2, 0) is 4.79 Å².